The predicted molar refractivity (Wildman–Crippen MR) is 90.3 cm³/mol. The normalized spacial score (nSPS) is 20.0. The molecule has 1 N–H and O–H groups in total. The van der Waals surface area contributed by atoms with Crippen molar-refractivity contribution < 1.29 is 9.53 Å². The highest BCUT2D eigenvalue weighted by Gasteiger charge is 2.31. The topological polar surface area (TPSA) is 67.3 Å². The average Bonchev–Trinajstić information content (AvgIpc) is 2.47. The van der Waals surface area contributed by atoms with Gasteiger partial charge in [-0.15, -0.1) is 0 Å². The van der Waals surface area contributed by atoms with Gasteiger partial charge in [0.2, 0.25) is 0 Å². The summed E-state index contributed by atoms with van der Waals surface area (Å²) in [5.41, 5.74) is 0.448. The second-order valence-corrected chi connectivity index (χ2v) is 7.23. The van der Waals surface area contributed by atoms with Crippen molar-refractivity contribution in [3.05, 3.63) is 18.7 Å². The molecule has 0 aliphatic carbocycles. The van der Waals surface area contributed by atoms with Crippen LogP contribution in [0.15, 0.2) is 18.7 Å². The van der Waals surface area contributed by atoms with Crippen LogP contribution in [0.5, 0.6) is 0 Å². The average molecular weight is 320 g/mol. The van der Waals surface area contributed by atoms with Crippen molar-refractivity contribution in [3.63, 3.8) is 0 Å². The lowest BCUT2D eigenvalue weighted by molar-refractivity contribution is 0.00852. The van der Waals surface area contributed by atoms with Gasteiger partial charge in [0.05, 0.1) is 18.1 Å². The number of anilines is 1. The minimum absolute atomic E-state index is 0.197. The van der Waals surface area contributed by atoms with Crippen LogP contribution in [0.25, 0.3) is 0 Å². The van der Waals surface area contributed by atoms with E-state index in [9.17, 15) is 4.79 Å². The summed E-state index contributed by atoms with van der Waals surface area (Å²) in [6.45, 7) is 8.62. The van der Waals surface area contributed by atoms with Crippen molar-refractivity contribution in [1.82, 2.24) is 14.9 Å². The van der Waals surface area contributed by atoms with Crippen LogP contribution >= 0.6 is 0 Å². The molecule has 2 rings (SSSR count). The second-order valence-electron chi connectivity index (χ2n) is 7.23. The summed E-state index contributed by atoms with van der Waals surface area (Å²) in [7, 11) is 0. The number of nitrogens with one attached hydrogen (secondary N) is 1. The van der Waals surface area contributed by atoms with Gasteiger partial charge in [-0.25, -0.2) is 14.8 Å². The van der Waals surface area contributed by atoms with Gasteiger partial charge >= 0.3 is 6.09 Å². The van der Waals surface area contributed by atoms with E-state index >= 15 is 0 Å². The van der Waals surface area contributed by atoms with Crippen LogP contribution in [0, 0.1) is 0 Å². The summed E-state index contributed by atoms with van der Waals surface area (Å²) in [6.07, 6.45) is 8.95. The van der Waals surface area contributed by atoms with Crippen molar-refractivity contribution >= 4 is 11.8 Å². The molecule has 0 saturated carbocycles. The summed E-state index contributed by atoms with van der Waals surface area (Å²) in [5, 5.41) is 3.39. The zero-order chi connectivity index (χ0) is 16.9. The highest BCUT2D eigenvalue weighted by Crippen LogP contribution is 2.24. The van der Waals surface area contributed by atoms with E-state index in [1.807, 2.05) is 25.7 Å². The molecule has 23 heavy (non-hydrogen) atoms. The Bertz CT molecular complexity index is 501. The fourth-order valence-corrected chi connectivity index (χ4v) is 2.93. The van der Waals surface area contributed by atoms with Gasteiger partial charge in [0.1, 0.15) is 11.9 Å². The van der Waals surface area contributed by atoms with Crippen LogP contribution in [0.2, 0.25) is 0 Å². The number of hydrogen-bond donors (Lipinski definition) is 1. The van der Waals surface area contributed by atoms with Crippen molar-refractivity contribution in [2.24, 2.45) is 0 Å². The number of likely N-dealkylation sites (tertiary alicyclic amines) is 1. The Kier molecular flexibility index (Phi) is 5.80. The Labute approximate surface area is 138 Å². The molecule has 1 aliphatic heterocycles. The molecule has 0 spiro atoms. The Morgan fingerprint density at radius 1 is 1.39 bits per heavy atom. The number of piperidine rings is 1. The number of amides is 1. The highest BCUT2D eigenvalue weighted by atomic mass is 16.6. The van der Waals surface area contributed by atoms with Gasteiger partial charge in [0.15, 0.2) is 0 Å². The summed E-state index contributed by atoms with van der Waals surface area (Å²) >= 11 is 0. The van der Waals surface area contributed by atoms with E-state index in [0.29, 0.717) is 0 Å². The summed E-state index contributed by atoms with van der Waals surface area (Å²) in [6, 6.07) is 0.444. The smallest absolute Gasteiger partial charge is 0.410 e. The van der Waals surface area contributed by atoms with E-state index < -0.39 is 5.60 Å². The Hall–Kier alpha value is -1.85. The van der Waals surface area contributed by atoms with E-state index in [4.69, 9.17) is 4.74 Å². The SMILES string of the molecule is CC(CC1CCCCN1C(=O)OC(C)(C)C)Nc1cncnc1. The Morgan fingerprint density at radius 2 is 2.09 bits per heavy atom. The van der Waals surface area contributed by atoms with Crippen LogP contribution in [0.4, 0.5) is 10.5 Å². The van der Waals surface area contributed by atoms with Crippen molar-refractivity contribution in [2.75, 3.05) is 11.9 Å². The van der Waals surface area contributed by atoms with Crippen LogP contribution in [0.3, 0.4) is 0 Å². The fraction of sp³-hybridized carbons (Fsp3) is 0.706. The lowest BCUT2D eigenvalue weighted by Crippen LogP contribution is -2.47. The molecule has 1 amide bonds. The number of carbonyl (C=O) groups is 1. The number of aromatic nitrogens is 2. The first kappa shape index (κ1) is 17.5. The quantitative estimate of drug-likeness (QED) is 0.920. The van der Waals surface area contributed by atoms with Crippen molar-refractivity contribution in [1.29, 1.82) is 0 Å². The Morgan fingerprint density at radius 3 is 2.74 bits per heavy atom. The molecule has 0 radical (unpaired) electrons. The van der Waals surface area contributed by atoms with Crippen LogP contribution in [-0.2, 0) is 4.74 Å². The van der Waals surface area contributed by atoms with Gasteiger partial charge in [-0.05, 0) is 53.4 Å². The molecule has 2 heterocycles. The van der Waals surface area contributed by atoms with E-state index in [1.54, 1.807) is 12.4 Å². The predicted octanol–water partition coefficient (Wildman–Crippen LogP) is 3.46. The maximum Gasteiger partial charge on any atom is 0.410 e. The zero-order valence-corrected chi connectivity index (χ0v) is 14.6. The minimum Gasteiger partial charge on any atom is -0.444 e. The Balaban J connectivity index is 1.94. The van der Waals surface area contributed by atoms with E-state index in [2.05, 4.69) is 22.2 Å². The standard InChI is InChI=1S/C17H28N4O2/c1-13(20-14-10-18-12-19-11-14)9-15-7-5-6-8-21(15)16(22)23-17(2,3)4/h10-13,15,20H,5-9H2,1-4H3. The van der Waals surface area contributed by atoms with Gasteiger partial charge in [-0.1, -0.05) is 0 Å². The zero-order valence-electron chi connectivity index (χ0n) is 14.6. The molecule has 2 unspecified atom stereocenters. The van der Waals surface area contributed by atoms with Gasteiger partial charge in [-0.2, -0.15) is 0 Å². The largest absolute Gasteiger partial charge is 0.444 e. The first-order valence-electron chi connectivity index (χ1n) is 8.36. The van der Waals surface area contributed by atoms with Gasteiger partial charge < -0.3 is 15.0 Å². The fourth-order valence-electron chi connectivity index (χ4n) is 2.93. The number of carbonyl (C=O) groups excluding carboxylic acids is 1. The van der Waals surface area contributed by atoms with Crippen molar-refractivity contribution in [3.8, 4) is 0 Å². The molecule has 0 aromatic carbocycles. The molecule has 6 heteroatoms. The molecule has 1 aromatic rings. The van der Waals surface area contributed by atoms with Crippen LogP contribution < -0.4 is 5.32 Å². The van der Waals surface area contributed by atoms with Crippen molar-refractivity contribution in [2.45, 2.75) is 71.1 Å². The summed E-state index contributed by atoms with van der Waals surface area (Å²) < 4.78 is 5.55. The molecule has 1 aliphatic rings. The molecule has 1 saturated heterocycles. The summed E-state index contributed by atoms with van der Waals surface area (Å²) in [4.78, 5) is 22.3. The lowest BCUT2D eigenvalue weighted by atomic mass is 9.96. The molecular formula is C17H28N4O2. The van der Waals surface area contributed by atoms with Gasteiger partial charge in [0, 0.05) is 18.6 Å². The second kappa shape index (κ2) is 7.62. The van der Waals surface area contributed by atoms with Crippen LogP contribution in [0.1, 0.15) is 53.4 Å². The number of hydrogen-bond acceptors (Lipinski definition) is 5. The third-order valence-corrected chi connectivity index (χ3v) is 3.85. The molecule has 1 fully saturated rings. The highest BCUT2D eigenvalue weighted by molar-refractivity contribution is 5.68. The third kappa shape index (κ3) is 5.69. The van der Waals surface area contributed by atoms with E-state index in [1.165, 1.54) is 6.33 Å². The minimum atomic E-state index is -0.454. The van der Waals surface area contributed by atoms with E-state index in [-0.39, 0.29) is 18.2 Å². The molecule has 2 atom stereocenters. The molecular weight excluding hydrogens is 292 g/mol. The molecule has 1 aromatic heterocycles. The monoisotopic (exact) mass is 320 g/mol. The van der Waals surface area contributed by atoms with Gasteiger partial charge in [-0.3, -0.25) is 0 Å². The molecule has 6 nitrogen and oxygen atoms in total. The molecule has 0 bridgehead atoms. The maximum absolute atomic E-state index is 12.4. The third-order valence-electron chi connectivity index (χ3n) is 3.85. The maximum atomic E-state index is 12.4. The number of rotatable bonds is 4. The van der Waals surface area contributed by atoms with E-state index in [0.717, 1.165) is 37.9 Å². The van der Waals surface area contributed by atoms with Gasteiger partial charge in [0.25, 0.3) is 0 Å². The first-order valence-corrected chi connectivity index (χ1v) is 8.36. The number of ether oxygens (including phenoxy) is 1. The van der Waals surface area contributed by atoms with Crippen LogP contribution in [-0.4, -0.2) is 45.2 Å². The molecule has 128 valence electrons. The first-order chi connectivity index (χ1) is 10.8. The number of nitrogens with zero attached hydrogens (tertiary/aromatic N) is 3. The lowest BCUT2D eigenvalue weighted by Gasteiger charge is -2.38. The summed E-state index contributed by atoms with van der Waals surface area (Å²) in [5.74, 6) is 0.